The van der Waals surface area contributed by atoms with Crippen molar-refractivity contribution in [1.29, 1.82) is 0 Å². The van der Waals surface area contributed by atoms with E-state index in [1.165, 1.54) is 10.9 Å². The first-order valence-electron chi connectivity index (χ1n) is 10.7. The summed E-state index contributed by atoms with van der Waals surface area (Å²) in [5.41, 5.74) is 2.23. The lowest BCUT2D eigenvalue weighted by Gasteiger charge is -2.61. The second-order valence-corrected chi connectivity index (χ2v) is 9.47. The Morgan fingerprint density at radius 3 is 2.83 bits per heavy atom. The highest BCUT2D eigenvalue weighted by atomic mass is 16.3. The number of carbonyl (C=O) groups excluding carboxylic acids is 1. The number of aliphatic hydroxyl groups excluding tert-OH is 1. The SMILES string of the molecule is CC(C)C(=O)N1C[C@@H]2C[C@@H](O)CN2C2(CN(Cc3cnc4ccccc4c3)C2)C1. The molecule has 3 aliphatic rings. The first kappa shape index (κ1) is 19.0. The van der Waals surface area contributed by atoms with Crippen LogP contribution in [0.1, 0.15) is 25.8 Å². The van der Waals surface area contributed by atoms with Crippen molar-refractivity contribution in [1.82, 2.24) is 19.7 Å². The highest BCUT2D eigenvalue weighted by molar-refractivity contribution is 5.79. The Labute approximate surface area is 172 Å². The van der Waals surface area contributed by atoms with E-state index in [1.807, 2.05) is 38.2 Å². The molecule has 1 N–H and O–H groups in total. The summed E-state index contributed by atoms with van der Waals surface area (Å²) >= 11 is 0. The Morgan fingerprint density at radius 1 is 1.24 bits per heavy atom. The first-order valence-corrected chi connectivity index (χ1v) is 10.7. The van der Waals surface area contributed by atoms with E-state index >= 15 is 0 Å². The number of piperazine rings is 1. The minimum atomic E-state index is -0.273. The van der Waals surface area contributed by atoms with Crippen molar-refractivity contribution in [3.8, 4) is 0 Å². The van der Waals surface area contributed by atoms with Crippen molar-refractivity contribution in [3.63, 3.8) is 0 Å². The maximum atomic E-state index is 12.7. The van der Waals surface area contributed by atoms with Gasteiger partial charge in [-0.3, -0.25) is 19.6 Å². The number of pyridine rings is 1. The van der Waals surface area contributed by atoms with Gasteiger partial charge in [-0.25, -0.2) is 0 Å². The van der Waals surface area contributed by atoms with Gasteiger partial charge < -0.3 is 10.0 Å². The summed E-state index contributed by atoms with van der Waals surface area (Å²) in [5, 5.41) is 11.5. The summed E-state index contributed by atoms with van der Waals surface area (Å²) in [4.78, 5) is 24.3. The number of carbonyl (C=O) groups is 1. The van der Waals surface area contributed by atoms with Crippen LogP contribution in [0.3, 0.4) is 0 Å². The fourth-order valence-electron chi connectivity index (χ4n) is 5.58. The molecule has 3 fully saturated rings. The van der Waals surface area contributed by atoms with Crippen molar-refractivity contribution in [2.24, 2.45) is 5.92 Å². The number of nitrogens with zero attached hydrogens (tertiary/aromatic N) is 4. The number of amides is 1. The number of benzene rings is 1. The Bertz CT molecular complexity index is 924. The second-order valence-electron chi connectivity index (χ2n) is 9.47. The van der Waals surface area contributed by atoms with Gasteiger partial charge in [0.05, 0.1) is 17.2 Å². The Morgan fingerprint density at radius 2 is 2.03 bits per heavy atom. The fraction of sp³-hybridized carbons (Fsp3) is 0.565. The summed E-state index contributed by atoms with van der Waals surface area (Å²) < 4.78 is 0. The highest BCUT2D eigenvalue weighted by Crippen LogP contribution is 2.39. The number of hydrogen-bond donors (Lipinski definition) is 1. The van der Waals surface area contributed by atoms with Gasteiger partial charge in [-0.05, 0) is 24.1 Å². The molecule has 5 rings (SSSR count). The molecular formula is C23H30N4O2. The third-order valence-corrected chi connectivity index (χ3v) is 6.81. The number of aromatic nitrogens is 1. The first-order chi connectivity index (χ1) is 13.9. The molecule has 0 bridgehead atoms. The van der Waals surface area contributed by atoms with Gasteiger partial charge >= 0.3 is 0 Å². The zero-order chi connectivity index (χ0) is 20.2. The Balaban J connectivity index is 1.31. The summed E-state index contributed by atoms with van der Waals surface area (Å²) in [5.74, 6) is 0.257. The number of hydrogen-bond acceptors (Lipinski definition) is 5. The maximum Gasteiger partial charge on any atom is 0.225 e. The Hall–Kier alpha value is -2.02. The standard InChI is InChI=1S/C23H30N4O2/c1-16(2)22(29)26-11-19-8-20(28)12-27(19)23(15-26)13-25(14-23)10-17-7-18-5-3-4-6-21(18)24-9-17/h3-7,9,16,19-20,28H,8,10-15H2,1-2H3/t19-,20+/m0/s1. The van der Waals surface area contributed by atoms with Gasteiger partial charge in [0.25, 0.3) is 0 Å². The molecule has 0 unspecified atom stereocenters. The molecule has 0 aliphatic carbocycles. The summed E-state index contributed by atoms with van der Waals surface area (Å²) in [6.45, 7) is 8.97. The molecule has 2 aromatic rings. The van der Waals surface area contributed by atoms with E-state index in [0.29, 0.717) is 0 Å². The number of para-hydroxylation sites is 1. The fourth-order valence-corrected chi connectivity index (χ4v) is 5.58. The summed E-state index contributed by atoms with van der Waals surface area (Å²) in [6, 6.07) is 10.7. The zero-order valence-electron chi connectivity index (χ0n) is 17.3. The average molecular weight is 395 g/mol. The maximum absolute atomic E-state index is 12.7. The van der Waals surface area contributed by atoms with Crippen LogP contribution in [-0.2, 0) is 11.3 Å². The smallest absolute Gasteiger partial charge is 0.225 e. The predicted molar refractivity (Wildman–Crippen MR) is 112 cm³/mol. The molecule has 2 atom stereocenters. The van der Waals surface area contributed by atoms with E-state index in [-0.39, 0.29) is 29.5 Å². The lowest BCUT2D eigenvalue weighted by molar-refractivity contribution is -0.153. The van der Waals surface area contributed by atoms with Gasteiger partial charge in [0.15, 0.2) is 0 Å². The molecule has 3 saturated heterocycles. The van der Waals surface area contributed by atoms with Crippen molar-refractivity contribution in [3.05, 3.63) is 42.1 Å². The van der Waals surface area contributed by atoms with Crippen molar-refractivity contribution >= 4 is 16.8 Å². The van der Waals surface area contributed by atoms with Crippen LogP contribution in [-0.4, -0.2) is 81.1 Å². The van der Waals surface area contributed by atoms with Crippen LogP contribution in [0.5, 0.6) is 0 Å². The molecule has 1 amide bonds. The molecule has 4 heterocycles. The predicted octanol–water partition coefficient (Wildman–Crippen LogP) is 1.72. The van der Waals surface area contributed by atoms with E-state index < -0.39 is 0 Å². The summed E-state index contributed by atoms with van der Waals surface area (Å²) in [6.07, 6.45) is 2.48. The van der Waals surface area contributed by atoms with Crippen molar-refractivity contribution < 1.29 is 9.90 Å². The van der Waals surface area contributed by atoms with E-state index in [0.717, 1.165) is 51.2 Å². The third-order valence-electron chi connectivity index (χ3n) is 6.81. The molecule has 29 heavy (non-hydrogen) atoms. The van der Waals surface area contributed by atoms with E-state index in [2.05, 4.69) is 31.8 Å². The quantitative estimate of drug-likeness (QED) is 0.859. The molecule has 1 aromatic heterocycles. The van der Waals surface area contributed by atoms with Crippen molar-refractivity contribution in [2.75, 3.05) is 32.7 Å². The normalized spacial score (nSPS) is 26.8. The van der Waals surface area contributed by atoms with Gasteiger partial charge in [-0.15, -0.1) is 0 Å². The van der Waals surface area contributed by atoms with E-state index in [1.54, 1.807) is 0 Å². The van der Waals surface area contributed by atoms with Crippen LogP contribution in [0.2, 0.25) is 0 Å². The lowest BCUT2D eigenvalue weighted by atomic mass is 9.83. The number of aliphatic hydroxyl groups is 1. The van der Waals surface area contributed by atoms with E-state index in [4.69, 9.17) is 0 Å². The Kier molecular flexibility index (Phi) is 4.61. The van der Waals surface area contributed by atoms with Crippen LogP contribution >= 0.6 is 0 Å². The molecule has 1 aromatic carbocycles. The largest absolute Gasteiger partial charge is 0.392 e. The molecule has 1 spiro atoms. The van der Waals surface area contributed by atoms with Crippen LogP contribution < -0.4 is 0 Å². The minimum absolute atomic E-state index is 0.0183. The molecule has 6 nitrogen and oxygen atoms in total. The number of β-amino-alcohol motifs (C(OH)–C–C–N with tert-alkyl or cyclic N) is 1. The van der Waals surface area contributed by atoms with Gasteiger partial charge in [-0.1, -0.05) is 32.0 Å². The van der Waals surface area contributed by atoms with Crippen molar-refractivity contribution in [2.45, 2.75) is 44.5 Å². The van der Waals surface area contributed by atoms with Crippen LogP contribution in [0.4, 0.5) is 0 Å². The van der Waals surface area contributed by atoms with Gasteiger partial charge in [0.1, 0.15) is 0 Å². The van der Waals surface area contributed by atoms with Crippen LogP contribution in [0, 0.1) is 5.92 Å². The molecular weight excluding hydrogens is 364 g/mol. The number of likely N-dealkylation sites (tertiary alicyclic amines) is 1. The molecule has 154 valence electrons. The average Bonchev–Trinajstić information content (AvgIpc) is 3.06. The highest BCUT2D eigenvalue weighted by Gasteiger charge is 2.56. The van der Waals surface area contributed by atoms with E-state index in [9.17, 15) is 9.90 Å². The van der Waals surface area contributed by atoms with Gasteiger partial charge in [0, 0.05) is 62.8 Å². The monoisotopic (exact) mass is 394 g/mol. The zero-order valence-corrected chi connectivity index (χ0v) is 17.3. The second kappa shape index (κ2) is 7.04. The number of fused-ring (bicyclic) bond motifs is 3. The minimum Gasteiger partial charge on any atom is -0.392 e. The molecule has 3 aliphatic heterocycles. The lowest BCUT2D eigenvalue weighted by Crippen LogP contribution is -2.78. The number of rotatable bonds is 3. The molecule has 6 heteroatoms. The molecule has 0 saturated carbocycles. The molecule has 0 radical (unpaired) electrons. The van der Waals surface area contributed by atoms with Gasteiger partial charge in [-0.2, -0.15) is 0 Å². The van der Waals surface area contributed by atoms with Crippen LogP contribution in [0.25, 0.3) is 10.9 Å². The van der Waals surface area contributed by atoms with Crippen LogP contribution in [0.15, 0.2) is 36.5 Å². The topological polar surface area (TPSA) is 59.9 Å². The van der Waals surface area contributed by atoms with Gasteiger partial charge in [0.2, 0.25) is 5.91 Å². The summed E-state index contributed by atoms with van der Waals surface area (Å²) in [7, 11) is 0. The third kappa shape index (κ3) is 3.33.